The Balaban J connectivity index is 1.83. The van der Waals surface area contributed by atoms with Crippen molar-refractivity contribution in [2.24, 2.45) is 0 Å². The molecule has 18 heavy (non-hydrogen) atoms. The van der Waals surface area contributed by atoms with Gasteiger partial charge in [-0.05, 0) is 17.0 Å². The number of benzene rings is 1. The molecule has 1 aromatic heterocycles. The smallest absolute Gasteiger partial charge is 0.0724 e. The number of hydrogen-bond donors (Lipinski definition) is 1. The van der Waals surface area contributed by atoms with E-state index in [9.17, 15) is 0 Å². The van der Waals surface area contributed by atoms with Crippen LogP contribution in [-0.2, 0) is 13.1 Å². The monoisotopic (exact) mass is 241 g/mol. The van der Waals surface area contributed by atoms with Gasteiger partial charge in [0.25, 0.3) is 0 Å². The molecular formula is C15H19N3. The zero-order valence-electron chi connectivity index (χ0n) is 10.9. The van der Waals surface area contributed by atoms with Gasteiger partial charge >= 0.3 is 0 Å². The maximum Gasteiger partial charge on any atom is 0.0724 e. The SMILES string of the molecule is CC(C)c1ccc(CNCc2cnccn2)cc1. The average molecular weight is 241 g/mol. The van der Waals surface area contributed by atoms with Crippen LogP contribution in [0, 0.1) is 0 Å². The summed E-state index contributed by atoms with van der Waals surface area (Å²) in [6.07, 6.45) is 5.19. The van der Waals surface area contributed by atoms with Crippen LogP contribution in [0.1, 0.15) is 36.6 Å². The Hall–Kier alpha value is -1.74. The first-order valence-corrected chi connectivity index (χ1v) is 6.30. The second-order valence-electron chi connectivity index (χ2n) is 4.70. The molecule has 0 atom stereocenters. The minimum atomic E-state index is 0.589. The lowest BCUT2D eigenvalue weighted by molar-refractivity contribution is 0.676. The van der Waals surface area contributed by atoms with Gasteiger partial charge in [0, 0.05) is 31.7 Å². The summed E-state index contributed by atoms with van der Waals surface area (Å²) < 4.78 is 0. The summed E-state index contributed by atoms with van der Waals surface area (Å²) in [5.74, 6) is 0.589. The van der Waals surface area contributed by atoms with Crippen molar-refractivity contribution in [2.75, 3.05) is 0 Å². The van der Waals surface area contributed by atoms with E-state index in [1.54, 1.807) is 18.6 Å². The lowest BCUT2D eigenvalue weighted by atomic mass is 10.0. The van der Waals surface area contributed by atoms with Crippen LogP contribution in [0.2, 0.25) is 0 Å². The van der Waals surface area contributed by atoms with Gasteiger partial charge in [0.05, 0.1) is 5.69 Å². The molecule has 0 radical (unpaired) electrons. The third-order valence-corrected chi connectivity index (χ3v) is 2.90. The van der Waals surface area contributed by atoms with Crippen LogP contribution in [0.3, 0.4) is 0 Å². The van der Waals surface area contributed by atoms with Crippen molar-refractivity contribution in [2.45, 2.75) is 32.9 Å². The highest BCUT2D eigenvalue weighted by atomic mass is 14.9. The van der Waals surface area contributed by atoms with Crippen molar-refractivity contribution in [1.29, 1.82) is 0 Å². The van der Waals surface area contributed by atoms with Gasteiger partial charge in [0.1, 0.15) is 0 Å². The summed E-state index contributed by atoms with van der Waals surface area (Å²) in [5.41, 5.74) is 3.65. The van der Waals surface area contributed by atoms with Gasteiger partial charge in [-0.2, -0.15) is 0 Å². The van der Waals surface area contributed by atoms with Crippen molar-refractivity contribution >= 4 is 0 Å². The first-order valence-electron chi connectivity index (χ1n) is 6.30. The van der Waals surface area contributed by atoms with Gasteiger partial charge in [0.15, 0.2) is 0 Å². The van der Waals surface area contributed by atoms with Gasteiger partial charge in [0.2, 0.25) is 0 Å². The summed E-state index contributed by atoms with van der Waals surface area (Å²) >= 11 is 0. The molecule has 1 heterocycles. The minimum absolute atomic E-state index is 0.589. The molecule has 0 bridgehead atoms. The molecule has 0 amide bonds. The zero-order chi connectivity index (χ0) is 12.8. The van der Waals surface area contributed by atoms with Crippen LogP contribution in [-0.4, -0.2) is 9.97 Å². The standard InChI is InChI=1S/C15H19N3/c1-12(2)14-5-3-13(4-6-14)9-17-11-15-10-16-7-8-18-15/h3-8,10,12,17H,9,11H2,1-2H3. The van der Waals surface area contributed by atoms with Crippen molar-refractivity contribution < 1.29 is 0 Å². The molecule has 0 saturated heterocycles. The number of hydrogen-bond acceptors (Lipinski definition) is 3. The molecule has 3 heteroatoms. The number of nitrogens with zero attached hydrogens (tertiary/aromatic N) is 2. The molecule has 3 nitrogen and oxygen atoms in total. The van der Waals surface area contributed by atoms with Crippen molar-refractivity contribution in [3.05, 3.63) is 59.7 Å². The predicted octanol–water partition coefficient (Wildman–Crippen LogP) is 2.89. The molecule has 94 valence electrons. The molecule has 0 unspecified atom stereocenters. The summed E-state index contributed by atoms with van der Waals surface area (Å²) in [7, 11) is 0. The molecule has 0 spiro atoms. The Morgan fingerprint density at radius 3 is 2.44 bits per heavy atom. The highest BCUT2D eigenvalue weighted by Gasteiger charge is 1.99. The van der Waals surface area contributed by atoms with E-state index in [0.29, 0.717) is 5.92 Å². The first kappa shape index (κ1) is 12.7. The summed E-state index contributed by atoms with van der Waals surface area (Å²) in [6.45, 7) is 6.03. The lowest BCUT2D eigenvalue weighted by Crippen LogP contribution is -2.13. The van der Waals surface area contributed by atoms with Crippen LogP contribution >= 0.6 is 0 Å². The van der Waals surface area contributed by atoms with Crippen LogP contribution in [0.25, 0.3) is 0 Å². The first-order chi connectivity index (χ1) is 8.75. The third-order valence-electron chi connectivity index (χ3n) is 2.90. The minimum Gasteiger partial charge on any atom is -0.307 e. The normalized spacial score (nSPS) is 10.8. The molecule has 0 saturated carbocycles. The van der Waals surface area contributed by atoms with E-state index in [0.717, 1.165) is 18.8 Å². The van der Waals surface area contributed by atoms with Crippen molar-refractivity contribution in [1.82, 2.24) is 15.3 Å². The van der Waals surface area contributed by atoms with Gasteiger partial charge in [-0.25, -0.2) is 0 Å². The largest absolute Gasteiger partial charge is 0.307 e. The van der Waals surface area contributed by atoms with E-state index < -0.39 is 0 Å². The molecule has 0 fully saturated rings. The maximum absolute atomic E-state index is 4.22. The summed E-state index contributed by atoms with van der Waals surface area (Å²) in [4.78, 5) is 8.26. The third kappa shape index (κ3) is 3.64. The van der Waals surface area contributed by atoms with Crippen LogP contribution in [0.4, 0.5) is 0 Å². The second-order valence-corrected chi connectivity index (χ2v) is 4.70. The molecule has 1 N–H and O–H groups in total. The van der Waals surface area contributed by atoms with E-state index in [2.05, 4.69) is 53.4 Å². The molecule has 2 rings (SSSR count). The van der Waals surface area contributed by atoms with Gasteiger partial charge in [-0.1, -0.05) is 38.1 Å². The molecule has 0 aliphatic carbocycles. The lowest BCUT2D eigenvalue weighted by Gasteiger charge is -2.07. The van der Waals surface area contributed by atoms with Crippen molar-refractivity contribution in [3.63, 3.8) is 0 Å². The van der Waals surface area contributed by atoms with Crippen LogP contribution in [0.5, 0.6) is 0 Å². The average Bonchev–Trinajstić information content (AvgIpc) is 2.40. The molecule has 1 aromatic carbocycles. The maximum atomic E-state index is 4.22. The number of rotatable bonds is 5. The Morgan fingerprint density at radius 2 is 1.83 bits per heavy atom. The van der Waals surface area contributed by atoms with Gasteiger partial charge in [-0.15, -0.1) is 0 Å². The van der Waals surface area contributed by atoms with E-state index in [1.807, 2.05) is 0 Å². The highest BCUT2D eigenvalue weighted by molar-refractivity contribution is 5.24. The molecular weight excluding hydrogens is 222 g/mol. The summed E-state index contributed by atoms with van der Waals surface area (Å²) in [5, 5.41) is 3.36. The zero-order valence-corrected chi connectivity index (χ0v) is 10.9. The Bertz CT molecular complexity index is 463. The number of aromatic nitrogens is 2. The highest BCUT2D eigenvalue weighted by Crippen LogP contribution is 2.14. The fraction of sp³-hybridized carbons (Fsp3) is 0.333. The molecule has 2 aromatic rings. The van der Waals surface area contributed by atoms with E-state index >= 15 is 0 Å². The fourth-order valence-corrected chi connectivity index (χ4v) is 1.78. The van der Waals surface area contributed by atoms with Crippen LogP contribution in [0.15, 0.2) is 42.9 Å². The predicted molar refractivity (Wildman–Crippen MR) is 73.1 cm³/mol. The Morgan fingerprint density at radius 1 is 1.06 bits per heavy atom. The number of nitrogens with one attached hydrogen (secondary N) is 1. The molecule has 0 aliphatic rings. The quantitative estimate of drug-likeness (QED) is 0.874. The van der Waals surface area contributed by atoms with E-state index in [-0.39, 0.29) is 0 Å². The molecule has 0 aliphatic heterocycles. The topological polar surface area (TPSA) is 37.8 Å². The van der Waals surface area contributed by atoms with E-state index in [1.165, 1.54) is 11.1 Å². The fourth-order valence-electron chi connectivity index (χ4n) is 1.78. The van der Waals surface area contributed by atoms with E-state index in [4.69, 9.17) is 0 Å². The summed E-state index contributed by atoms with van der Waals surface area (Å²) in [6, 6.07) is 8.76. The van der Waals surface area contributed by atoms with Gasteiger partial charge in [-0.3, -0.25) is 9.97 Å². The van der Waals surface area contributed by atoms with Crippen LogP contribution < -0.4 is 5.32 Å². The Kier molecular flexibility index (Phi) is 4.42. The van der Waals surface area contributed by atoms with Gasteiger partial charge < -0.3 is 5.32 Å². The van der Waals surface area contributed by atoms with Crippen molar-refractivity contribution in [3.8, 4) is 0 Å². The Labute approximate surface area is 108 Å². The second kappa shape index (κ2) is 6.26.